The number of halogens is 2. The number of nitrogens with zero attached hydrogens (tertiary/aromatic N) is 2. The van der Waals surface area contributed by atoms with Crippen molar-refractivity contribution in [2.45, 2.75) is 4.90 Å². The van der Waals surface area contributed by atoms with E-state index in [1.807, 2.05) is 4.31 Å². The van der Waals surface area contributed by atoms with Crippen LogP contribution < -0.4 is 4.74 Å². The normalized spacial score (nSPS) is 15.3. The summed E-state index contributed by atoms with van der Waals surface area (Å²) in [6.45, 7) is 1.21. The second-order valence-corrected chi connectivity index (χ2v) is 8.27. The summed E-state index contributed by atoms with van der Waals surface area (Å²) in [4.78, 5) is 12.3. The number of nitriles is 1. The lowest BCUT2D eigenvalue weighted by Crippen LogP contribution is -2.58. The number of hydrogen-bond acceptors (Lipinski definition) is 7. The van der Waals surface area contributed by atoms with Crippen LogP contribution in [0.15, 0.2) is 41.3 Å². The maximum absolute atomic E-state index is 13.7. The van der Waals surface area contributed by atoms with Gasteiger partial charge >= 0.3 is 5.97 Å². The van der Waals surface area contributed by atoms with Gasteiger partial charge in [0.15, 0.2) is 0 Å². The molecule has 3 rings (SSSR count). The standard InChI is InChI=1S/C20H18ClFN2O4S/c1-27-19(26)13-3-5-18(16(21)6-13)29-24-9-20(10-24,11-25)12-28-15-4-2-14(8-23)17(22)7-15/h2-7,25H,9-12H2,1H3. The number of methoxy groups -OCH3 is 1. The highest BCUT2D eigenvalue weighted by atomic mass is 35.5. The summed E-state index contributed by atoms with van der Waals surface area (Å²) in [5, 5.41) is 19.0. The molecule has 1 saturated heterocycles. The summed E-state index contributed by atoms with van der Waals surface area (Å²) in [6.07, 6.45) is 0. The number of hydrogen-bond donors (Lipinski definition) is 1. The molecule has 2 aromatic rings. The van der Waals surface area contributed by atoms with Gasteiger partial charge in [0.2, 0.25) is 0 Å². The van der Waals surface area contributed by atoms with Gasteiger partial charge in [-0.1, -0.05) is 11.6 Å². The largest absolute Gasteiger partial charge is 0.493 e. The Kier molecular flexibility index (Phi) is 6.65. The molecule has 0 radical (unpaired) electrons. The number of carbonyl (C=O) groups is 1. The average Bonchev–Trinajstić information content (AvgIpc) is 2.70. The molecule has 0 amide bonds. The predicted molar refractivity (Wildman–Crippen MR) is 106 cm³/mol. The number of ether oxygens (including phenoxy) is 2. The molecule has 1 aliphatic rings. The first-order valence-electron chi connectivity index (χ1n) is 8.64. The summed E-state index contributed by atoms with van der Waals surface area (Å²) in [5.41, 5.74) is -0.149. The summed E-state index contributed by atoms with van der Waals surface area (Å²) in [6, 6.07) is 10.7. The topological polar surface area (TPSA) is 82.8 Å². The Morgan fingerprint density at radius 1 is 1.38 bits per heavy atom. The van der Waals surface area contributed by atoms with Gasteiger partial charge in [0.05, 0.1) is 41.9 Å². The number of benzene rings is 2. The van der Waals surface area contributed by atoms with E-state index in [4.69, 9.17) is 21.6 Å². The summed E-state index contributed by atoms with van der Waals surface area (Å²) < 4.78 is 26.0. The third-order valence-corrected chi connectivity index (χ3v) is 6.04. The highest BCUT2D eigenvalue weighted by Gasteiger charge is 2.44. The molecular weight excluding hydrogens is 419 g/mol. The zero-order chi connectivity index (χ0) is 21.0. The number of rotatable bonds is 7. The van der Waals surface area contributed by atoms with Gasteiger partial charge in [-0.15, -0.1) is 0 Å². The van der Waals surface area contributed by atoms with Crippen LogP contribution in [0, 0.1) is 22.6 Å². The maximum atomic E-state index is 13.7. The Morgan fingerprint density at radius 3 is 2.72 bits per heavy atom. The summed E-state index contributed by atoms with van der Waals surface area (Å²) in [5.74, 6) is -0.788. The molecule has 2 aromatic carbocycles. The van der Waals surface area contributed by atoms with Crippen LogP contribution in [0.3, 0.4) is 0 Å². The monoisotopic (exact) mass is 436 g/mol. The summed E-state index contributed by atoms with van der Waals surface area (Å²) in [7, 11) is 1.31. The average molecular weight is 437 g/mol. The molecule has 1 heterocycles. The van der Waals surface area contributed by atoms with Crippen molar-refractivity contribution in [3.8, 4) is 11.8 Å². The van der Waals surface area contributed by atoms with Crippen LogP contribution in [0.1, 0.15) is 15.9 Å². The zero-order valence-corrected chi connectivity index (χ0v) is 17.1. The third kappa shape index (κ3) is 4.82. The van der Waals surface area contributed by atoms with Crippen LogP contribution >= 0.6 is 23.5 Å². The van der Waals surface area contributed by atoms with Crippen molar-refractivity contribution in [2.24, 2.45) is 5.41 Å². The van der Waals surface area contributed by atoms with E-state index < -0.39 is 17.2 Å². The van der Waals surface area contributed by atoms with Gasteiger partial charge in [-0.05, 0) is 42.3 Å². The fourth-order valence-corrected chi connectivity index (χ4v) is 4.39. The minimum absolute atomic E-state index is 0.0458. The van der Waals surface area contributed by atoms with E-state index in [0.717, 1.165) is 11.0 Å². The lowest BCUT2D eigenvalue weighted by molar-refractivity contribution is -0.0227. The molecule has 152 valence electrons. The fourth-order valence-electron chi connectivity index (χ4n) is 2.87. The zero-order valence-electron chi connectivity index (χ0n) is 15.5. The molecule has 1 aliphatic heterocycles. The van der Waals surface area contributed by atoms with Gasteiger partial charge in [-0.3, -0.25) is 0 Å². The Bertz CT molecular complexity index is 960. The molecule has 1 N–H and O–H groups in total. The number of aliphatic hydroxyl groups is 1. The van der Waals surface area contributed by atoms with Crippen LogP contribution in [0.4, 0.5) is 4.39 Å². The van der Waals surface area contributed by atoms with Crippen molar-refractivity contribution in [1.82, 2.24) is 4.31 Å². The van der Waals surface area contributed by atoms with Gasteiger partial charge in [-0.25, -0.2) is 13.5 Å². The molecule has 0 aromatic heterocycles. The van der Waals surface area contributed by atoms with Gasteiger partial charge in [0.1, 0.15) is 17.6 Å². The van der Waals surface area contributed by atoms with Crippen molar-refractivity contribution in [3.05, 3.63) is 58.4 Å². The smallest absolute Gasteiger partial charge is 0.337 e. The molecule has 0 unspecified atom stereocenters. The molecule has 0 saturated carbocycles. The van der Waals surface area contributed by atoms with Gasteiger partial charge in [-0.2, -0.15) is 5.26 Å². The molecule has 9 heteroatoms. The highest BCUT2D eigenvalue weighted by molar-refractivity contribution is 7.97. The fraction of sp³-hybridized carbons (Fsp3) is 0.300. The Labute approximate surface area is 176 Å². The predicted octanol–water partition coefficient (Wildman–Crippen LogP) is 3.52. The lowest BCUT2D eigenvalue weighted by atomic mass is 9.83. The van der Waals surface area contributed by atoms with Crippen molar-refractivity contribution in [2.75, 3.05) is 33.4 Å². The second-order valence-electron chi connectivity index (χ2n) is 6.73. The lowest BCUT2D eigenvalue weighted by Gasteiger charge is -2.47. The molecular formula is C20H18ClFN2O4S. The van der Waals surface area contributed by atoms with Crippen molar-refractivity contribution >= 4 is 29.5 Å². The first kappa shape index (κ1) is 21.4. The van der Waals surface area contributed by atoms with Gasteiger partial charge in [0, 0.05) is 24.1 Å². The van der Waals surface area contributed by atoms with E-state index in [1.165, 1.54) is 31.2 Å². The SMILES string of the molecule is COC(=O)c1ccc(SN2CC(CO)(COc3ccc(C#N)c(F)c3)C2)c(Cl)c1. The van der Waals surface area contributed by atoms with Gasteiger partial charge in [0.25, 0.3) is 0 Å². The van der Waals surface area contributed by atoms with Gasteiger partial charge < -0.3 is 14.6 Å². The first-order chi connectivity index (χ1) is 13.9. The molecule has 0 bridgehead atoms. The Hall–Kier alpha value is -2.31. The van der Waals surface area contributed by atoms with E-state index in [2.05, 4.69) is 4.74 Å². The minimum Gasteiger partial charge on any atom is -0.493 e. The maximum Gasteiger partial charge on any atom is 0.337 e. The number of esters is 1. The van der Waals surface area contributed by atoms with E-state index in [-0.39, 0.29) is 18.8 Å². The molecule has 1 fully saturated rings. The molecule has 0 aliphatic carbocycles. The van der Waals surface area contributed by atoms with E-state index in [0.29, 0.717) is 29.4 Å². The van der Waals surface area contributed by atoms with Crippen LogP contribution in [-0.2, 0) is 4.74 Å². The first-order valence-corrected chi connectivity index (χ1v) is 9.79. The van der Waals surface area contributed by atoms with Crippen LogP contribution in [0.5, 0.6) is 5.75 Å². The Balaban J connectivity index is 1.57. The van der Waals surface area contributed by atoms with E-state index >= 15 is 0 Å². The number of aliphatic hydroxyl groups excluding tert-OH is 1. The van der Waals surface area contributed by atoms with Crippen LogP contribution in [-0.4, -0.2) is 48.8 Å². The van der Waals surface area contributed by atoms with E-state index in [1.54, 1.807) is 24.3 Å². The molecule has 6 nitrogen and oxygen atoms in total. The third-order valence-electron chi connectivity index (χ3n) is 4.55. The highest BCUT2D eigenvalue weighted by Crippen LogP contribution is 2.40. The van der Waals surface area contributed by atoms with E-state index in [9.17, 15) is 14.3 Å². The van der Waals surface area contributed by atoms with Crippen LogP contribution in [0.2, 0.25) is 5.02 Å². The summed E-state index contributed by atoms with van der Waals surface area (Å²) >= 11 is 7.67. The molecule has 29 heavy (non-hydrogen) atoms. The molecule has 0 atom stereocenters. The molecule has 0 spiro atoms. The Morgan fingerprint density at radius 2 is 2.14 bits per heavy atom. The van der Waals surface area contributed by atoms with Crippen molar-refractivity contribution in [3.63, 3.8) is 0 Å². The van der Waals surface area contributed by atoms with Crippen LogP contribution in [0.25, 0.3) is 0 Å². The minimum atomic E-state index is -0.640. The second kappa shape index (κ2) is 9.01. The van der Waals surface area contributed by atoms with Crippen molar-refractivity contribution < 1.29 is 23.8 Å². The quantitative estimate of drug-likeness (QED) is 0.525. The number of carbonyl (C=O) groups excluding carboxylic acids is 1. The van der Waals surface area contributed by atoms with Crippen molar-refractivity contribution in [1.29, 1.82) is 5.26 Å².